The summed E-state index contributed by atoms with van der Waals surface area (Å²) in [6.45, 7) is 2.70. The number of esters is 2. The van der Waals surface area contributed by atoms with E-state index in [1.54, 1.807) is 6.58 Å². The number of hydrogen-bond donors (Lipinski definition) is 0. The lowest BCUT2D eigenvalue weighted by molar-refractivity contribution is -0.529. The third kappa shape index (κ3) is 9.95. The summed E-state index contributed by atoms with van der Waals surface area (Å²) in [6.07, 6.45) is -28.6. The molecule has 0 heterocycles. The molecule has 0 radical (unpaired) electrons. The van der Waals surface area contributed by atoms with Crippen LogP contribution >= 0.6 is 0 Å². The van der Waals surface area contributed by atoms with Crippen molar-refractivity contribution in [2.45, 2.75) is 55.2 Å². The minimum Gasteiger partial charge on any atom is -0.461 e. The van der Waals surface area contributed by atoms with Gasteiger partial charge >= 0.3 is 48.2 Å². The highest BCUT2D eigenvalue weighted by atomic mass is 19.4. The smallest absolute Gasteiger partial charge is 0.458 e. The molecule has 0 fully saturated rings. The van der Waals surface area contributed by atoms with E-state index in [0.717, 1.165) is 12.2 Å². The molecular weight excluding hydrogens is 599 g/mol. The fraction of sp³-hybridized carbons (Fsp3) is 0.600. The minimum absolute atomic E-state index is 0.431. The zero-order valence-electron chi connectivity index (χ0n) is 19.7. The van der Waals surface area contributed by atoms with Gasteiger partial charge in [-0.3, -0.25) is 19.1 Å². The predicted molar refractivity (Wildman–Crippen MR) is 103 cm³/mol. The molecule has 0 rings (SSSR count). The van der Waals surface area contributed by atoms with Crippen molar-refractivity contribution in [3.05, 3.63) is 37.7 Å². The van der Waals surface area contributed by atoms with Crippen LogP contribution < -0.4 is 0 Å². The summed E-state index contributed by atoms with van der Waals surface area (Å²) in [4.78, 5) is 22.9. The van der Waals surface area contributed by atoms with E-state index < -0.39 is 92.8 Å². The maximum atomic E-state index is 14.5. The second kappa shape index (κ2) is 13.7. The Labute approximate surface area is 216 Å². The van der Waals surface area contributed by atoms with Crippen LogP contribution in [0.1, 0.15) is 12.8 Å². The van der Waals surface area contributed by atoms with Crippen molar-refractivity contribution < 1.29 is 90.3 Å². The third-order valence-corrected chi connectivity index (χ3v) is 3.98. The number of halogens is 13. The van der Waals surface area contributed by atoms with E-state index >= 15 is 0 Å². The van der Waals surface area contributed by atoms with Gasteiger partial charge in [0.25, 0.3) is 0 Å². The molecule has 3 unspecified atom stereocenters. The molecule has 232 valence electrons. The van der Waals surface area contributed by atoms with Gasteiger partial charge < -0.3 is 14.2 Å². The molecule has 20 heteroatoms. The number of carbonyl (C=O) groups is 2. The standard InChI is InChI=1S/C20H19F13O7/c1-4-6-13(34)37-9-12(38-14(35)7-5-2)8-36-10-15(22,18(26,27)28)39-20(32,33)17(25,19(29,30)31)40-16(23,24)11(3)21/h4-5,12H,1-3,6-10H2. The van der Waals surface area contributed by atoms with E-state index in [0.29, 0.717) is 0 Å². The first kappa shape index (κ1) is 37.1. The average molecular weight is 618 g/mol. The Bertz CT molecular complexity index is 919. The van der Waals surface area contributed by atoms with E-state index in [1.165, 1.54) is 0 Å². The molecule has 0 saturated heterocycles. The molecule has 0 aliphatic heterocycles. The lowest BCUT2D eigenvalue weighted by atomic mass is 10.2. The van der Waals surface area contributed by atoms with E-state index in [1.807, 2.05) is 0 Å². The highest BCUT2D eigenvalue weighted by Crippen LogP contribution is 2.53. The zero-order valence-corrected chi connectivity index (χ0v) is 19.7. The van der Waals surface area contributed by atoms with Gasteiger partial charge in [-0.2, -0.15) is 52.7 Å². The van der Waals surface area contributed by atoms with E-state index in [2.05, 4.69) is 36.8 Å². The molecule has 0 aliphatic carbocycles. The molecule has 0 aromatic heterocycles. The summed E-state index contributed by atoms with van der Waals surface area (Å²) in [5.41, 5.74) is 0. The van der Waals surface area contributed by atoms with Gasteiger partial charge in [-0.25, -0.2) is 4.39 Å². The summed E-state index contributed by atoms with van der Waals surface area (Å²) in [6, 6.07) is 0. The molecule has 3 atom stereocenters. The highest BCUT2D eigenvalue weighted by molar-refractivity contribution is 5.72. The van der Waals surface area contributed by atoms with Gasteiger partial charge in [0.05, 0.1) is 19.4 Å². The summed E-state index contributed by atoms with van der Waals surface area (Å²) >= 11 is 0. The molecule has 0 amide bonds. The number of hydrogen-bond acceptors (Lipinski definition) is 7. The Kier molecular flexibility index (Phi) is 12.7. The van der Waals surface area contributed by atoms with E-state index in [9.17, 15) is 66.7 Å². The Balaban J connectivity index is 6.07. The Morgan fingerprint density at radius 2 is 1.25 bits per heavy atom. The molecule has 0 spiro atoms. The topological polar surface area (TPSA) is 80.3 Å². The average Bonchev–Trinajstić information content (AvgIpc) is 2.75. The predicted octanol–water partition coefficient (Wildman–Crippen LogP) is 5.77. The Hall–Kier alpha value is -2.87. The lowest BCUT2D eigenvalue weighted by Crippen LogP contribution is -2.65. The van der Waals surface area contributed by atoms with Gasteiger partial charge in [0.15, 0.2) is 11.9 Å². The summed E-state index contributed by atoms with van der Waals surface area (Å²) < 4.78 is 192. The summed E-state index contributed by atoms with van der Waals surface area (Å²) in [5.74, 6) is -18.9. The first-order chi connectivity index (χ1) is 17.9. The van der Waals surface area contributed by atoms with E-state index in [4.69, 9.17) is 0 Å². The molecule has 7 nitrogen and oxygen atoms in total. The third-order valence-electron chi connectivity index (χ3n) is 3.98. The Morgan fingerprint density at radius 3 is 1.68 bits per heavy atom. The van der Waals surface area contributed by atoms with Gasteiger partial charge in [0, 0.05) is 0 Å². The van der Waals surface area contributed by atoms with Gasteiger partial charge in [-0.1, -0.05) is 18.7 Å². The summed E-state index contributed by atoms with van der Waals surface area (Å²) in [5, 5.41) is 0. The first-order valence-corrected chi connectivity index (χ1v) is 10.1. The molecule has 0 aromatic carbocycles. The number of rotatable bonds is 17. The Morgan fingerprint density at radius 1 is 0.750 bits per heavy atom. The van der Waals surface area contributed by atoms with Crippen molar-refractivity contribution in [1.82, 2.24) is 0 Å². The van der Waals surface area contributed by atoms with Crippen molar-refractivity contribution >= 4 is 11.9 Å². The second-order valence-corrected chi connectivity index (χ2v) is 7.26. The fourth-order valence-electron chi connectivity index (χ4n) is 2.10. The van der Waals surface area contributed by atoms with Crippen LogP contribution in [0.4, 0.5) is 57.1 Å². The van der Waals surface area contributed by atoms with Crippen LogP contribution in [0, 0.1) is 0 Å². The maximum Gasteiger partial charge on any atom is 0.458 e. The van der Waals surface area contributed by atoms with Crippen LogP contribution in [0.2, 0.25) is 0 Å². The van der Waals surface area contributed by atoms with Gasteiger partial charge in [0.1, 0.15) is 13.2 Å². The van der Waals surface area contributed by atoms with Gasteiger partial charge in [-0.05, 0) is 0 Å². The largest absolute Gasteiger partial charge is 0.461 e. The quantitative estimate of drug-likeness (QED) is 0.116. The van der Waals surface area contributed by atoms with Crippen molar-refractivity contribution in [3.63, 3.8) is 0 Å². The zero-order chi connectivity index (χ0) is 31.8. The molecule has 0 aliphatic rings. The van der Waals surface area contributed by atoms with Crippen LogP contribution in [0.15, 0.2) is 37.7 Å². The first-order valence-electron chi connectivity index (χ1n) is 10.1. The van der Waals surface area contributed by atoms with Crippen molar-refractivity contribution in [2.75, 3.05) is 19.8 Å². The van der Waals surface area contributed by atoms with Crippen LogP contribution in [-0.4, -0.2) is 74.1 Å². The van der Waals surface area contributed by atoms with Crippen LogP contribution in [0.5, 0.6) is 0 Å². The normalized spacial score (nSPS) is 16.7. The van der Waals surface area contributed by atoms with Crippen molar-refractivity contribution in [3.8, 4) is 0 Å². The van der Waals surface area contributed by atoms with E-state index in [-0.39, 0.29) is 0 Å². The van der Waals surface area contributed by atoms with Crippen LogP contribution in [-0.2, 0) is 33.3 Å². The molecule has 40 heavy (non-hydrogen) atoms. The van der Waals surface area contributed by atoms with Gasteiger partial charge in [0.2, 0.25) is 0 Å². The SMILES string of the molecule is C=CCC(=O)OCC(COCC(F)(OC(F)(F)C(F)(OC(F)(F)C(=C)F)C(F)(F)F)C(F)(F)F)OC(=O)CC=C. The molecule has 0 N–H and O–H groups in total. The van der Waals surface area contributed by atoms with Crippen LogP contribution in [0.25, 0.3) is 0 Å². The second-order valence-electron chi connectivity index (χ2n) is 7.26. The molecule has 0 aromatic rings. The number of carbonyl (C=O) groups excluding carboxylic acids is 2. The van der Waals surface area contributed by atoms with Crippen LogP contribution in [0.3, 0.4) is 0 Å². The minimum atomic E-state index is -7.40. The van der Waals surface area contributed by atoms with Gasteiger partial charge in [-0.15, -0.1) is 13.2 Å². The van der Waals surface area contributed by atoms with Crippen molar-refractivity contribution in [1.29, 1.82) is 0 Å². The molecular formula is C20H19F13O7. The van der Waals surface area contributed by atoms with Crippen molar-refractivity contribution in [2.24, 2.45) is 0 Å². The number of alkyl halides is 12. The summed E-state index contributed by atoms with van der Waals surface area (Å²) in [7, 11) is 0. The molecule has 0 bridgehead atoms. The monoisotopic (exact) mass is 618 g/mol. The number of ether oxygens (including phenoxy) is 5. The molecule has 0 saturated carbocycles. The lowest BCUT2D eigenvalue weighted by Gasteiger charge is -2.39. The fourth-order valence-corrected chi connectivity index (χ4v) is 2.10. The maximum absolute atomic E-state index is 14.5. The highest BCUT2D eigenvalue weighted by Gasteiger charge is 2.80.